The highest BCUT2D eigenvalue weighted by Crippen LogP contribution is 2.34. The van der Waals surface area contributed by atoms with Gasteiger partial charge in [-0.25, -0.2) is 8.78 Å². The van der Waals surface area contributed by atoms with E-state index in [0.29, 0.717) is 0 Å². The Balaban J connectivity index is 2.57. The molecule has 106 valence electrons. The molecule has 0 bridgehead atoms. The maximum atomic E-state index is 13.8. The second kappa shape index (κ2) is 4.77. The molecule has 0 saturated carbocycles. The number of hydrogen-bond acceptors (Lipinski definition) is 1. The normalized spacial score (nSPS) is 11.7. The van der Waals surface area contributed by atoms with Crippen LogP contribution in [0, 0.1) is 18.6 Å². The van der Waals surface area contributed by atoms with E-state index in [1.807, 2.05) is 0 Å². The Labute approximate surface area is 111 Å². The van der Waals surface area contributed by atoms with Crippen molar-refractivity contribution in [3.63, 3.8) is 0 Å². The number of benzene rings is 2. The number of hydrogen-bond donors (Lipinski definition) is 1. The lowest BCUT2D eigenvalue weighted by Crippen LogP contribution is -2.05. The van der Waals surface area contributed by atoms with Gasteiger partial charge < -0.3 is 5.73 Å². The molecule has 20 heavy (non-hydrogen) atoms. The summed E-state index contributed by atoms with van der Waals surface area (Å²) in [5, 5.41) is 0. The Bertz CT molecular complexity index is 661. The molecule has 0 spiro atoms. The lowest BCUT2D eigenvalue weighted by Gasteiger charge is -2.12. The Hall–Kier alpha value is -2.11. The van der Waals surface area contributed by atoms with Crippen LogP contribution >= 0.6 is 0 Å². The number of anilines is 1. The zero-order valence-electron chi connectivity index (χ0n) is 10.4. The summed E-state index contributed by atoms with van der Waals surface area (Å²) in [5.74, 6) is -1.60. The standard InChI is InChI=1S/C14H10F5N/c1-7-4-8(14(17,18)19)2-3-9(7)10-5-12(16)13(20)6-11(10)15/h2-6H,20H2,1H3. The SMILES string of the molecule is Cc1cc(C(F)(F)F)ccc1-c1cc(F)c(N)cc1F. The van der Waals surface area contributed by atoms with Crippen molar-refractivity contribution in [1.82, 2.24) is 0 Å². The van der Waals surface area contributed by atoms with Crippen molar-refractivity contribution in [3.8, 4) is 11.1 Å². The zero-order chi connectivity index (χ0) is 15.1. The van der Waals surface area contributed by atoms with Crippen molar-refractivity contribution in [3.05, 3.63) is 53.1 Å². The van der Waals surface area contributed by atoms with E-state index in [-0.39, 0.29) is 22.4 Å². The molecule has 2 aromatic carbocycles. The first kappa shape index (κ1) is 14.3. The first-order chi connectivity index (χ1) is 9.20. The molecule has 0 aliphatic rings. The molecular formula is C14H10F5N. The zero-order valence-corrected chi connectivity index (χ0v) is 10.4. The number of halogens is 5. The van der Waals surface area contributed by atoms with Crippen LogP contribution in [0.1, 0.15) is 11.1 Å². The van der Waals surface area contributed by atoms with Gasteiger partial charge in [-0.3, -0.25) is 0 Å². The fraction of sp³-hybridized carbons (Fsp3) is 0.143. The highest BCUT2D eigenvalue weighted by Gasteiger charge is 2.30. The van der Waals surface area contributed by atoms with Gasteiger partial charge in [-0.05, 0) is 36.2 Å². The van der Waals surface area contributed by atoms with Crippen LogP contribution in [0.15, 0.2) is 30.3 Å². The van der Waals surface area contributed by atoms with Gasteiger partial charge in [0.15, 0.2) is 0 Å². The van der Waals surface area contributed by atoms with Crippen LogP contribution in [0.25, 0.3) is 11.1 Å². The average molecular weight is 287 g/mol. The van der Waals surface area contributed by atoms with Crippen LogP contribution in [-0.2, 0) is 6.18 Å². The first-order valence-corrected chi connectivity index (χ1v) is 5.63. The molecule has 0 aliphatic heterocycles. The summed E-state index contributed by atoms with van der Waals surface area (Å²) >= 11 is 0. The minimum absolute atomic E-state index is 0.122. The second-order valence-corrected chi connectivity index (χ2v) is 4.38. The molecule has 6 heteroatoms. The largest absolute Gasteiger partial charge is 0.416 e. The van der Waals surface area contributed by atoms with E-state index in [0.717, 1.165) is 30.3 Å². The molecule has 0 saturated heterocycles. The minimum Gasteiger partial charge on any atom is -0.396 e. The molecule has 1 nitrogen and oxygen atoms in total. The minimum atomic E-state index is -4.48. The van der Waals surface area contributed by atoms with Gasteiger partial charge in [0.25, 0.3) is 0 Å². The van der Waals surface area contributed by atoms with Crippen LogP contribution in [0.2, 0.25) is 0 Å². The van der Waals surface area contributed by atoms with E-state index >= 15 is 0 Å². The van der Waals surface area contributed by atoms with Crippen LogP contribution in [-0.4, -0.2) is 0 Å². The van der Waals surface area contributed by atoms with Crippen molar-refractivity contribution in [2.45, 2.75) is 13.1 Å². The van der Waals surface area contributed by atoms with Crippen molar-refractivity contribution in [2.24, 2.45) is 0 Å². The van der Waals surface area contributed by atoms with Gasteiger partial charge in [0.05, 0.1) is 11.3 Å². The third-order valence-corrected chi connectivity index (χ3v) is 2.93. The molecule has 0 atom stereocenters. The Morgan fingerprint density at radius 2 is 1.55 bits per heavy atom. The number of nitrogens with two attached hydrogens (primary N) is 1. The summed E-state index contributed by atoms with van der Waals surface area (Å²) in [6, 6.07) is 4.52. The number of aryl methyl sites for hydroxylation is 1. The van der Waals surface area contributed by atoms with Crippen molar-refractivity contribution in [1.29, 1.82) is 0 Å². The van der Waals surface area contributed by atoms with Crippen molar-refractivity contribution in [2.75, 3.05) is 5.73 Å². The molecule has 0 heterocycles. The lowest BCUT2D eigenvalue weighted by atomic mass is 9.97. The van der Waals surface area contributed by atoms with Crippen LogP contribution in [0.3, 0.4) is 0 Å². The van der Waals surface area contributed by atoms with E-state index in [2.05, 4.69) is 0 Å². The summed E-state index contributed by atoms with van der Waals surface area (Å²) in [6.07, 6.45) is -4.48. The molecule has 0 radical (unpaired) electrons. The molecule has 0 aliphatic carbocycles. The summed E-state index contributed by atoms with van der Waals surface area (Å²) in [4.78, 5) is 0. The smallest absolute Gasteiger partial charge is 0.396 e. The van der Waals surface area contributed by atoms with E-state index in [4.69, 9.17) is 5.73 Å². The summed E-state index contributed by atoms with van der Waals surface area (Å²) in [6.45, 7) is 1.40. The number of rotatable bonds is 1. The molecular weight excluding hydrogens is 277 g/mol. The fourth-order valence-electron chi connectivity index (χ4n) is 1.91. The predicted octanol–water partition coefficient (Wildman–Crippen LogP) is 4.54. The maximum absolute atomic E-state index is 13.8. The molecule has 0 amide bonds. The van der Waals surface area contributed by atoms with Crippen LogP contribution < -0.4 is 5.73 Å². The van der Waals surface area contributed by atoms with Gasteiger partial charge in [0.2, 0.25) is 0 Å². The average Bonchev–Trinajstić information content (AvgIpc) is 2.33. The van der Waals surface area contributed by atoms with Gasteiger partial charge in [0, 0.05) is 11.6 Å². The first-order valence-electron chi connectivity index (χ1n) is 5.63. The quantitative estimate of drug-likeness (QED) is 0.604. The number of nitrogen functional groups attached to an aromatic ring is 1. The van der Waals surface area contributed by atoms with Crippen molar-refractivity contribution >= 4 is 5.69 Å². The van der Waals surface area contributed by atoms with Crippen LogP contribution in [0.5, 0.6) is 0 Å². The lowest BCUT2D eigenvalue weighted by molar-refractivity contribution is -0.137. The van der Waals surface area contributed by atoms with E-state index < -0.39 is 23.4 Å². The van der Waals surface area contributed by atoms with Crippen LogP contribution in [0.4, 0.5) is 27.6 Å². The molecule has 0 aromatic heterocycles. The monoisotopic (exact) mass is 287 g/mol. The predicted molar refractivity (Wildman–Crippen MR) is 65.9 cm³/mol. The molecule has 2 rings (SSSR count). The number of alkyl halides is 3. The topological polar surface area (TPSA) is 26.0 Å². The highest BCUT2D eigenvalue weighted by molar-refractivity contribution is 5.70. The summed E-state index contributed by atoms with van der Waals surface area (Å²) in [7, 11) is 0. The second-order valence-electron chi connectivity index (χ2n) is 4.38. The van der Waals surface area contributed by atoms with Gasteiger partial charge >= 0.3 is 6.18 Å². The Morgan fingerprint density at radius 1 is 0.900 bits per heavy atom. The summed E-state index contributed by atoms with van der Waals surface area (Å²) < 4.78 is 64.8. The molecule has 2 aromatic rings. The van der Waals surface area contributed by atoms with Gasteiger partial charge in [-0.15, -0.1) is 0 Å². The van der Waals surface area contributed by atoms with E-state index in [9.17, 15) is 22.0 Å². The van der Waals surface area contributed by atoms with E-state index in [1.165, 1.54) is 6.92 Å². The highest BCUT2D eigenvalue weighted by atomic mass is 19.4. The fourth-order valence-corrected chi connectivity index (χ4v) is 1.91. The Kier molecular flexibility index (Phi) is 3.41. The van der Waals surface area contributed by atoms with Gasteiger partial charge in [-0.1, -0.05) is 6.07 Å². The maximum Gasteiger partial charge on any atom is 0.416 e. The molecule has 2 N–H and O–H groups in total. The van der Waals surface area contributed by atoms with E-state index in [1.54, 1.807) is 0 Å². The van der Waals surface area contributed by atoms with Gasteiger partial charge in [-0.2, -0.15) is 13.2 Å². The molecule has 0 unspecified atom stereocenters. The van der Waals surface area contributed by atoms with Crippen molar-refractivity contribution < 1.29 is 22.0 Å². The summed E-state index contributed by atoms with van der Waals surface area (Å²) in [5.41, 5.74) is 4.30. The Morgan fingerprint density at radius 3 is 2.10 bits per heavy atom. The third kappa shape index (κ3) is 2.59. The van der Waals surface area contributed by atoms with Gasteiger partial charge in [0.1, 0.15) is 11.6 Å². The third-order valence-electron chi connectivity index (χ3n) is 2.93. The molecule has 0 fully saturated rings.